The van der Waals surface area contributed by atoms with Crippen LogP contribution in [0, 0.1) is 0 Å². The number of hydrogen-bond acceptors (Lipinski definition) is 10. The van der Waals surface area contributed by atoms with Gasteiger partial charge in [0.2, 0.25) is 13.6 Å². The van der Waals surface area contributed by atoms with Crippen molar-refractivity contribution in [2.45, 2.75) is 44.9 Å². The Bertz CT molecular complexity index is 1780. The van der Waals surface area contributed by atoms with Crippen LogP contribution in [-0.4, -0.2) is 37.5 Å². The molecule has 5 rings (SSSR count). The van der Waals surface area contributed by atoms with Crippen LogP contribution >= 0.6 is 0 Å². The number of carbonyl (C=O) groups excluding carboxylic acids is 4. The molecular weight excluding hydrogens is 652 g/mol. The second-order valence-electron chi connectivity index (χ2n) is 12.1. The zero-order valence-electron chi connectivity index (χ0n) is 28.5. The van der Waals surface area contributed by atoms with Crippen molar-refractivity contribution >= 4 is 23.9 Å². The van der Waals surface area contributed by atoms with Crippen molar-refractivity contribution in [1.29, 1.82) is 0 Å². The van der Waals surface area contributed by atoms with Gasteiger partial charge in [-0.1, -0.05) is 63.4 Å². The van der Waals surface area contributed by atoms with E-state index in [-0.39, 0.29) is 38.4 Å². The number of rotatable bonds is 16. The fraction of sp³-hybridized carbons (Fsp3) is 0.220. The van der Waals surface area contributed by atoms with Crippen molar-refractivity contribution in [1.82, 2.24) is 0 Å². The number of hydrogen-bond donors (Lipinski definition) is 0. The van der Waals surface area contributed by atoms with Gasteiger partial charge < -0.3 is 28.4 Å². The van der Waals surface area contributed by atoms with Crippen LogP contribution in [0.15, 0.2) is 110 Å². The summed E-state index contributed by atoms with van der Waals surface area (Å²) in [5.41, 5.74) is 5.49. The first-order chi connectivity index (χ1) is 24.5. The smallest absolute Gasteiger partial charge is 0.333 e. The van der Waals surface area contributed by atoms with E-state index in [1.165, 1.54) is 0 Å². The monoisotopic (exact) mass is 690 g/mol. The second-order valence-corrected chi connectivity index (χ2v) is 12.1. The van der Waals surface area contributed by atoms with Gasteiger partial charge in [0.25, 0.3) is 0 Å². The van der Waals surface area contributed by atoms with Gasteiger partial charge >= 0.3 is 23.9 Å². The standard InChI is InChI=1S/C41H38O10/c1-5-37(42)48-25-46-29-13-7-27(8-14-29)11-21-39(44)50-31-17-19-33-34-20-18-32(24-36(34)41(3,4)35(33)23-31)51-40(45)22-12-28-9-15-30(16-10-28)47-26-49-38(43)6-2/h5-10,13-20,23-24H,1-2,11-12,21-22,25-26H2,3-4H3. The van der Waals surface area contributed by atoms with Crippen molar-refractivity contribution in [3.63, 3.8) is 0 Å². The third kappa shape index (κ3) is 9.51. The molecule has 1 aliphatic rings. The minimum absolute atomic E-state index is 0.182. The summed E-state index contributed by atoms with van der Waals surface area (Å²) >= 11 is 0. The SMILES string of the molecule is C=CC(=O)OCOc1ccc(CCC(=O)Oc2ccc3c(c2)C(C)(C)c2cc(OC(=O)CCc4ccc(OCOC(=O)C=C)cc4)ccc2-3)cc1. The van der Waals surface area contributed by atoms with Crippen molar-refractivity contribution in [2.24, 2.45) is 0 Å². The third-order valence-corrected chi connectivity index (χ3v) is 8.35. The van der Waals surface area contributed by atoms with Crippen molar-refractivity contribution in [3.05, 3.63) is 132 Å². The Morgan fingerprint density at radius 1 is 0.569 bits per heavy atom. The summed E-state index contributed by atoms with van der Waals surface area (Å²) < 4.78 is 31.8. The highest BCUT2D eigenvalue weighted by Gasteiger charge is 2.36. The minimum Gasteiger partial charge on any atom is -0.457 e. The van der Waals surface area contributed by atoms with E-state index in [4.69, 9.17) is 28.4 Å². The molecule has 10 nitrogen and oxygen atoms in total. The highest BCUT2D eigenvalue weighted by atomic mass is 16.7. The number of esters is 4. The van der Waals surface area contributed by atoms with E-state index in [2.05, 4.69) is 27.0 Å². The highest BCUT2D eigenvalue weighted by Crippen LogP contribution is 2.50. The van der Waals surface area contributed by atoms with Gasteiger partial charge in [0, 0.05) is 30.4 Å². The van der Waals surface area contributed by atoms with Crippen LogP contribution in [0.4, 0.5) is 0 Å². The lowest BCUT2D eigenvalue weighted by Gasteiger charge is -2.22. The van der Waals surface area contributed by atoms with E-state index in [0.717, 1.165) is 45.5 Å². The minimum atomic E-state index is -0.567. The van der Waals surface area contributed by atoms with E-state index in [1.807, 2.05) is 48.5 Å². The van der Waals surface area contributed by atoms with E-state index in [9.17, 15) is 19.2 Å². The summed E-state index contributed by atoms with van der Waals surface area (Å²) in [4.78, 5) is 47.8. The first-order valence-corrected chi connectivity index (χ1v) is 16.3. The first kappa shape index (κ1) is 36.1. The molecule has 0 unspecified atom stereocenters. The Hall–Kier alpha value is -6.16. The third-order valence-electron chi connectivity index (χ3n) is 8.35. The quantitative estimate of drug-likeness (QED) is 0.0516. The molecule has 262 valence electrons. The van der Waals surface area contributed by atoms with Crippen LogP contribution in [0.3, 0.4) is 0 Å². The van der Waals surface area contributed by atoms with Crippen LogP contribution in [0.1, 0.15) is 48.9 Å². The molecule has 0 fully saturated rings. The largest absolute Gasteiger partial charge is 0.457 e. The predicted molar refractivity (Wildman–Crippen MR) is 188 cm³/mol. The number of benzene rings is 4. The van der Waals surface area contributed by atoms with Gasteiger partial charge in [0.05, 0.1) is 0 Å². The highest BCUT2D eigenvalue weighted by molar-refractivity contribution is 5.84. The lowest BCUT2D eigenvalue weighted by atomic mass is 9.82. The number of carbonyl (C=O) groups is 4. The number of ether oxygens (including phenoxy) is 6. The van der Waals surface area contributed by atoms with E-state index >= 15 is 0 Å². The number of fused-ring (bicyclic) bond motifs is 3. The molecule has 51 heavy (non-hydrogen) atoms. The molecule has 0 N–H and O–H groups in total. The molecule has 0 aliphatic heterocycles. The van der Waals surface area contributed by atoms with Crippen molar-refractivity contribution < 1.29 is 47.6 Å². The maximum atomic E-state index is 12.8. The van der Waals surface area contributed by atoms with Gasteiger partial charge in [-0.15, -0.1) is 0 Å². The molecule has 0 spiro atoms. The Morgan fingerprint density at radius 2 is 0.941 bits per heavy atom. The molecule has 0 atom stereocenters. The van der Waals surface area contributed by atoms with Crippen molar-refractivity contribution in [3.8, 4) is 34.1 Å². The Morgan fingerprint density at radius 3 is 1.31 bits per heavy atom. The fourth-order valence-corrected chi connectivity index (χ4v) is 5.61. The Balaban J connectivity index is 1.11. The molecule has 0 aromatic heterocycles. The predicted octanol–water partition coefficient (Wildman–Crippen LogP) is 7.20. The van der Waals surface area contributed by atoms with Gasteiger partial charge in [-0.2, -0.15) is 0 Å². The second kappa shape index (κ2) is 16.5. The summed E-state index contributed by atoms with van der Waals surface area (Å²) in [6, 6.07) is 25.6. The summed E-state index contributed by atoms with van der Waals surface area (Å²) in [6.45, 7) is 10.4. The summed E-state index contributed by atoms with van der Waals surface area (Å²) in [7, 11) is 0. The molecule has 4 aromatic carbocycles. The van der Waals surface area contributed by atoms with Crippen molar-refractivity contribution in [2.75, 3.05) is 13.6 Å². The molecular formula is C41H38O10. The van der Waals surface area contributed by atoms with Gasteiger partial charge in [-0.05, 0) is 94.8 Å². The van der Waals surface area contributed by atoms with Crippen LogP contribution in [0.5, 0.6) is 23.0 Å². The molecule has 0 radical (unpaired) electrons. The zero-order chi connectivity index (χ0) is 36.4. The van der Waals surface area contributed by atoms with E-state index in [0.29, 0.717) is 35.8 Å². The lowest BCUT2D eigenvalue weighted by Crippen LogP contribution is -2.16. The molecule has 0 saturated carbocycles. The molecule has 0 amide bonds. The summed E-state index contributed by atoms with van der Waals surface area (Å²) in [5.74, 6) is 0.131. The zero-order valence-corrected chi connectivity index (χ0v) is 28.5. The molecule has 0 bridgehead atoms. The first-order valence-electron chi connectivity index (χ1n) is 16.3. The fourth-order valence-electron chi connectivity index (χ4n) is 5.61. The Kier molecular flexibility index (Phi) is 11.7. The van der Waals surface area contributed by atoms with Crippen LogP contribution in [0.2, 0.25) is 0 Å². The van der Waals surface area contributed by atoms with Gasteiger partial charge in [0.15, 0.2) is 0 Å². The van der Waals surface area contributed by atoms with Crippen LogP contribution in [-0.2, 0) is 46.9 Å². The van der Waals surface area contributed by atoms with Gasteiger partial charge in [-0.25, -0.2) is 9.59 Å². The average Bonchev–Trinajstić information content (AvgIpc) is 3.35. The summed E-state index contributed by atoms with van der Waals surface area (Å²) in [5, 5.41) is 0. The van der Waals surface area contributed by atoms with Gasteiger partial charge in [-0.3, -0.25) is 9.59 Å². The number of aryl methyl sites for hydroxylation is 2. The molecule has 4 aromatic rings. The van der Waals surface area contributed by atoms with Gasteiger partial charge in [0.1, 0.15) is 23.0 Å². The average molecular weight is 691 g/mol. The topological polar surface area (TPSA) is 124 Å². The normalized spacial score (nSPS) is 12.0. The van der Waals surface area contributed by atoms with E-state index in [1.54, 1.807) is 36.4 Å². The maximum Gasteiger partial charge on any atom is 0.333 e. The lowest BCUT2D eigenvalue weighted by molar-refractivity contribution is -0.145. The van der Waals surface area contributed by atoms with E-state index < -0.39 is 17.4 Å². The van der Waals surface area contributed by atoms with Crippen LogP contribution in [0.25, 0.3) is 11.1 Å². The summed E-state index contributed by atoms with van der Waals surface area (Å²) in [6.07, 6.45) is 3.44. The molecule has 0 saturated heterocycles. The Labute approximate surface area is 296 Å². The van der Waals surface area contributed by atoms with Crippen LogP contribution < -0.4 is 18.9 Å². The molecule has 10 heteroatoms. The molecule has 1 aliphatic carbocycles. The maximum absolute atomic E-state index is 12.8. The molecule has 0 heterocycles.